The number of halogens is 1. The summed E-state index contributed by atoms with van der Waals surface area (Å²) < 4.78 is 0.928. The van der Waals surface area contributed by atoms with Crippen LogP contribution in [0.2, 0.25) is 0 Å². The zero-order chi connectivity index (χ0) is 12.8. The minimum atomic E-state index is 0.0126. The summed E-state index contributed by atoms with van der Waals surface area (Å²) in [4.78, 5) is 14.5. The topological polar surface area (TPSA) is 32.3 Å². The van der Waals surface area contributed by atoms with E-state index in [1.165, 1.54) is 0 Å². The maximum Gasteiger partial charge on any atom is 0.254 e. The normalized spacial score (nSPS) is 10.4. The highest BCUT2D eigenvalue weighted by Gasteiger charge is 2.14. The molecule has 0 saturated heterocycles. The van der Waals surface area contributed by atoms with Crippen LogP contribution in [-0.4, -0.2) is 38.0 Å². The van der Waals surface area contributed by atoms with Gasteiger partial charge in [-0.15, -0.1) is 12.6 Å². The summed E-state index contributed by atoms with van der Waals surface area (Å²) in [6.07, 6.45) is 0.942. The van der Waals surface area contributed by atoms with Crippen molar-refractivity contribution in [3.63, 3.8) is 0 Å². The lowest BCUT2D eigenvalue weighted by Gasteiger charge is -2.18. The molecule has 0 radical (unpaired) electrons. The molecular formula is C12H17BrN2OS. The Kier molecular flexibility index (Phi) is 6.02. The third-order valence-corrected chi connectivity index (χ3v) is 3.32. The second-order valence-corrected chi connectivity index (χ2v) is 5.24. The van der Waals surface area contributed by atoms with E-state index < -0.39 is 0 Å². The predicted molar refractivity (Wildman–Crippen MR) is 76.9 cm³/mol. The van der Waals surface area contributed by atoms with Gasteiger partial charge in [0.25, 0.3) is 5.91 Å². The number of nitrogens with one attached hydrogen (secondary N) is 1. The van der Waals surface area contributed by atoms with Gasteiger partial charge in [0, 0.05) is 23.0 Å². The van der Waals surface area contributed by atoms with Gasteiger partial charge in [0.15, 0.2) is 0 Å². The molecule has 0 fully saturated rings. The molecule has 0 saturated carbocycles. The van der Waals surface area contributed by atoms with Gasteiger partial charge >= 0.3 is 0 Å². The largest absolute Gasteiger partial charge is 0.342 e. The first-order valence-electron chi connectivity index (χ1n) is 5.45. The molecule has 0 aliphatic carbocycles. The third-order valence-electron chi connectivity index (χ3n) is 2.46. The maximum absolute atomic E-state index is 12.1. The van der Waals surface area contributed by atoms with Gasteiger partial charge in [0.2, 0.25) is 0 Å². The lowest BCUT2D eigenvalue weighted by Crippen LogP contribution is -2.29. The number of nitrogens with zero attached hydrogens (tertiary/aromatic N) is 1. The molecule has 17 heavy (non-hydrogen) atoms. The van der Waals surface area contributed by atoms with Crippen LogP contribution in [0.15, 0.2) is 27.6 Å². The first-order chi connectivity index (χ1) is 8.06. The Labute approximate surface area is 116 Å². The molecule has 0 unspecified atom stereocenters. The summed E-state index contributed by atoms with van der Waals surface area (Å²) in [6.45, 7) is 1.65. The minimum absolute atomic E-state index is 0.0126. The van der Waals surface area contributed by atoms with Gasteiger partial charge in [-0.25, -0.2) is 0 Å². The fourth-order valence-corrected chi connectivity index (χ4v) is 2.33. The summed E-state index contributed by atoms with van der Waals surface area (Å²) in [6, 6.07) is 5.48. The Balaban J connectivity index is 2.68. The van der Waals surface area contributed by atoms with Crippen molar-refractivity contribution in [2.45, 2.75) is 11.3 Å². The highest BCUT2D eigenvalue weighted by atomic mass is 79.9. The molecule has 0 aromatic heterocycles. The molecule has 1 aromatic carbocycles. The SMILES string of the molecule is CNCCCN(C)C(=O)c1ccc(Br)cc1S. The highest BCUT2D eigenvalue weighted by molar-refractivity contribution is 9.10. The Morgan fingerprint density at radius 2 is 2.24 bits per heavy atom. The van der Waals surface area contributed by atoms with Crippen LogP contribution < -0.4 is 5.32 Å². The van der Waals surface area contributed by atoms with Gasteiger partial charge in [-0.05, 0) is 38.2 Å². The van der Waals surface area contributed by atoms with E-state index >= 15 is 0 Å². The molecule has 1 aromatic rings. The summed E-state index contributed by atoms with van der Waals surface area (Å²) in [5.41, 5.74) is 0.642. The third kappa shape index (κ3) is 4.33. The van der Waals surface area contributed by atoms with Crippen molar-refractivity contribution < 1.29 is 4.79 Å². The summed E-state index contributed by atoms with van der Waals surface area (Å²) in [5, 5.41) is 3.06. The molecule has 0 aliphatic heterocycles. The summed E-state index contributed by atoms with van der Waals surface area (Å²) in [7, 11) is 3.72. The van der Waals surface area contributed by atoms with Crippen LogP contribution in [-0.2, 0) is 0 Å². The van der Waals surface area contributed by atoms with Crippen molar-refractivity contribution in [3.8, 4) is 0 Å². The van der Waals surface area contributed by atoms with Gasteiger partial charge in [-0.2, -0.15) is 0 Å². The molecule has 0 heterocycles. The number of hydrogen-bond donors (Lipinski definition) is 2. The average Bonchev–Trinajstić information content (AvgIpc) is 2.28. The van der Waals surface area contributed by atoms with Crippen molar-refractivity contribution in [2.75, 3.05) is 27.2 Å². The number of hydrogen-bond acceptors (Lipinski definition) is 3. The Morgan fingerprint density at radius 3 is 2.82 bits per heavy atom. The van der Waals surface area contributed by atoms with Crippen molar-refractivity contribution in [1.29, 1.82) is 0 Å². The smallest absolute Gasteiger partial charge is 0.254 e. The zero-order valence-corrected chi connectivity index (χ0v) is 12.5. The van der Waals surface area contributed by atoms with E-state index in [2.05, 4.69) is 33.9 Å². The predicted octanol–water partition coefficient (Wildman–Crippen LogP) is 2.42. The molecule has 0 aliphatic rings. The van der Waals surface area contributed by atoms with Crippen LogP contribution in [0, 0.1) is 0 Å². The Morgan fingerprint density at radius 1 is 1.53 bits per heavy atom. The number of thiol groups is 1. The number of carbonyl (C=O) groups is 1. The second-order valence-electron chi connectivity index (χ2n) is 3.85. The lowest BCUT2D eigenvalue weighted by molar-refractivity contribution is 0.0790. The van der Waals surface area contributed by atoms with Crippen LogP contribution in [0.3, 0.4) is 0 Å². The van der Waals surface area contributed by atoms with Gasteiger partial charge < -0.3 is 10.2 Å². The van der Waals surface area contributed by atoms with E-state index in [9.17, 15) is 4.79 Å². The van der Waals surface area contributed by atoms with Gasteiger partial charge in [-0.3, -0.25) is 4.79 Å². The minimum Gasteiger partial charge on any atom is -0.342 e. The number of rotatable bonds is 5. The standard InChI is InChI=1S/C12H17BrN2OS/c1-14-6-3-7-15(2)12(16)10-5-4-9(13)8-11(10)17/h4-5,8,14,17H,3,6-7H2,1-2H3. The van der Waals surface area contributed by atoms with Crippen LogP contribution >= 0.6 is 28.6 Å². The van der Waals surface area contributed by atoms with Gasteiger partial charge in [0.1, 0.15) is 0 Å². The summed E-state index contributed by atoms with van der Waals surface area (Å²) in [5.74, 6) is 0.0126. The Hall–Kier alpha value is -0.520. The molecule has 94 valence electrons. The van der Waals surface area contributed by atoms with E-state index in [4.69, 9.17) is 0 Å². The number of benzene rings is 1. The fourth-order valence-electron chi connectivity index (χ4n) is 1.49. The molecule has 1 amide bonds. The van der Waals surface area contributed by atoms with Crippen LogP contribution in [0.5, 0.6) is 0 Å². The first kappa shape index (κ1) is 14.5. The molecular weight excluding hydrogens is 300 g/mol. The molecule has 0 atom stereocenters. The summed E-state index contributed by atoms with van der Waals surface area (Å²) >= 11 is 7.67. The average molecular weight is 317 g/mol. The van der Waals surface area contributed by atoms with E-state index in [1.807, 2.05) is 26.2 Å². The van der Waals surface area contributed by atoms with E-state index in [-0.39, 0.29) is 5.91 Å². The monoisotopic (exact) mass is 316 g/mol. The molecule has 3 nitrogen and oxygen atoms in total. The first-order valence-corrected chi connectivity index (χ1v) is 6.69. The van der Waals surface area contributed by atoms with E-state index in [1.54, 1.807) is 11.0 Å². The van der Waals surface area contributed by atoms with Gasteiger partial charge in [0.05, 0.1) is 5.56 Å². The lowest BCUT2D eigenvalue weighted by atomic mass is 10.2. The van der Waals surface area contributed by atoms with Crippen molar-refractivity contribution in [1.82, 2.24) is 10.2 Å². The number of amides is 1. The van der Waals surface area contributed by atoms with Gasteiger partial charge in [-0.1, -0.05) is 15.9 Å². The van der Waals surface area contributed by atoms with Crippen LogP contribution in [0.25, 0.3) is 0 Å². The van der Waals surface area contributed by atoms with E-state index in [0.29, 0.717) is 10.5 Å². The highest BCUT2D eigenvalue weighted by Crippen LogP contribution is 2.20. The van der Waals surface area contributed by atoms with Crippen molar-refractivity contribution >= 4 is 34.5 Å². The van der Waals surface area contributed by atoms with Crippen molar-refractivity contribution in [3.05, 3.63) is 28.2 Å². The van der Waals surface area contributed by atoms with E-state index in [0.717, 1.165) is 24.0 Å². The zero-order valence-electron chi connectivity index (χ0n) is 10.0. The fraction of sp³-hybridized carbons (Fsp3) is 0.417. The second kappa shape index (κ2) is 7.03. The molecule has 0 bridgehead atoms. The van der Waals surface area contributed by atoms with Crippen LogP contribution in [0.1, 0.15) is 16.8 Å². The molecule has 1 N–H and O–H groups in total. The quantitative estimate of drug-likeness (QED) is 0.646. The van der Waals surface area contributed by atoms with Crippen molar-refractivity contribution in [2.24, 2.45) is 0 Å². The Bertz CT molecular complexity index is 398. The van der Waals surface area contributed by atoms with Crippen LogP contribution in [0.4, 0.5) is 0 Å². The molecule has 1 rings (SSSR count). The number of carbonyl (C=O) groups excluding carboxylic acids is 1. The maximum atomic E-state index is 12.1. The molecule has 5 heteroatoms. The molecule has 0 spiro atoms.